The molecule has 4 rings (SSSR count). The lowest BCUT2D eigenvalue weighted by Gasteiger charge is -2.11. The van der Waals surface area contributed by atoms with Crippen LogP contribution in [-0.4, -0.2) is 45.7 Å². The summed E-state index contributed by atoms with van der Waals surface area (Å²) in [6.07, 6.45) is 2.57. The molecule has 4 aromatic rings. The number of nitrogens with one attached hydrogen (secondary N) is 1. The van der Waals surface area contributed by atoms with Gasteiger partial charge in [0.1, 0.15) is 5.82 Å². The largest absolute Gasteiger partial charge is 0.493 e. The molecule has 2 aromatic heterocycles. The Kier molecular flexibility index (Phi) is 6.79. The number of hydrogen-bond acceptors (Lipinski definition) is 7. The van der Waals surface area contributed by atoms with Crippen molar-refractivity contribution in [3.63, 3.8) is 0 Å². The highest BCUT2D eigenvalue weighted by Crippen LogP contribution is 2.28. The third-order valence-electron chi connectivity index (χ3n) is 5.21. The summed E-state index contributed by atoms with van der Waals surface area (Å²) in [6, 6.07) is 16.1. The first kappa shape index (κ1) is 21.5. The summed E-state index contributed by atoms with van der Waals surface area (Å²) in [5, 5.41) is 12.2. The molecule has 1 N–H and O–H groups in total. The van der Waals surface area contributed by atoms with E-state index in [0.29, 0.717) is 18.6 Å². The number of methoxy groups -OCH3 is 2. The number of aryl methyl sites for hydroxylation is 1. The Balaban J connectivity index is 1.55. The number of nitrogens with zero attached hydrogens (tertiary/aromatic N) is 5. The Bertz CT molecular complexity index is 1180. The molecule has 8 heteroatoms. The second-order valence-corrected chi connectivity index (χ2v) is 7.51. The Morgan fingerprint density at radius 2 is 1.72 bits per heavy atom. The zero-order chi connectivity index (χ0) is 22.3. The van der Waals surface area contributed by atoms with Crippen molar-refractivity contribution in [3.05, 3.63) is 65.5 Å². The van der Waals surface area contributed by atoms with Crippen LogP contribution < -0.4 is 14.8 Å². The molecule has 32 heavy (non-hydrogen) atoms. The molecule has 0 saturated heterocycles. The summed E-state index contributed by atoms with van der Waals surface area (Å²) in [6.45, 7) is 3.43. The normalized spacial score (nSPS) is 11.0. The van der Waals surface area contributed by atoms with Crippen LogP contribution in [0, 0.1) is 0 Å². The number of fused-ring (bicyclic) bond motifs is 1. The summed E-state index contributed by atoms with van der Waals surface area (Å²) in [5.41, 5.74) is 3.73. The van der Waals surface area contributed by atoms with E-state index in [4.69, 9.17) is 19.4 Å². The minimum atomic E-state index is 0.616. The predicted molar refractivity (Wildman–Crippen MR) is 124 cm³/mol. The quantitative estimate of drug-likeness (QED) is 0.407. The maximum absolute atomic E-state index is 5.41. The van der Waals surface area contributed by atoms with Crippen molar-refractivity contribution in [3.8, 4) is 11.5 Å². The summed E-state index contributed by atoms with van der Waals surface area (Å²) >= 11 is 0. The number of ether oxygens (including phenoxy) is 2. The van der Waals surface area contributed by atoms with E-state index in [0.717, 1.165) is 59.2 Å². The van der Waals surface area contributed by atoms with Gasteiger partial charge in [-0.15, -0.1) is 5.10 Å². The zero-order valence-corrected chi connectivity index (χ0v) is 18.7. The second-order valence-electron chi connectivity index (χ2n) is 7.51. The van der Waals surface area contributed by atoms with E-state index in [1.54, 1.807) is 14.2 Å². The van der Waals surface area contributed by atoms with Crippen LogP contribution >= 0.6 is 0 Å². The lowest BCUT2D eigenvalue weighted by atomic mass is 10.1. The number of anilines is 1. The molecular formula is C24H28N6O2. The summed E-state index contributed by atoms with van der Waals surface area (Å²) < 4.78 is 12.6. The van der Waals surface area contributed by atoms with Gasteiger partial charge in [-0.25, -0.2) is 14.6 Å². The molecule has 2 aromatic carbocycles. The van der Waals surface area contributed by atoms with E-state index < -0.39 is 0 Å². The standard InChI is InChI=1S/C24H28N6O2/c1-4-8-21-26-23(25-14-13-17-11-12-19(31-2)20(15-17)32-3)22-24(27-21)30(29-28-22)16-18-9-6-5-7-10-18/h5-7,9-12,15H,4,8,13-14,16H2,1-3H3,(H,25,26,27). The Morgan fingerprint density at radius 1 is 0.906 bits per heavy atom. The van der Waals surface area contributed by atoms with Gasteiger partial charge in [0, 0.05) is 13.0 Å². The molecule has 0 spiro atoms. The molecule has 0 aliphatic carbocycles. The first-order chi connectivity index (χ1) is 15.7. The van der Waals surface area contributed by atoms with Gasteiger partial charge < -0.3 is 14.8 Å². The molecule has 0 radical (unpaired) electrons. The molecule has 2 heterocycles. The average molecular weight is 433 g/mol. The smallest absolute Gasteiger partial charge is 0.184 e. The molecular weight excluding hydrogens is 404 g/mol. The van der Waals surface area contributed by atoms with Crippen molar-refractivity contribution in [2.75, 3.05) is 26.1 Å². The SMILES string of the molecule is CCCc1nc(NCCc2ccc(OC)c(OC)c2)c2nnn(Cc3ccccc3)c2n1. The van der Waals surface area contributed by atoms with Gasteiger partial charge in [0.05, 0.1) is 20.8 Å². The lowest BCUT2D eigenvalue weighted by molar-refractivity contribution is 0.354. The number of hydrogen-bond donors (Lipinski definition) is 1. The van der Waals surface area contributed by atoms with Gasteiger partial charge in [0.2, 0.25) is 0 Å². The topological polar surface area (TPSA) is 87.0 Å². The van der Waals surface area contributed by atoms with Crippen LogP contribution in [-0.2, 0) is 19.4 Å². The van der Waals surface area contributed by atoms with Crippen LogP contribution in [0.1, 0.15) is 30.3 Å². The van der Waals surface area contributed by atoms with Crippen molar-refractivity contribution in [2.24, 2.45) is 0 Å². The van der Waals surface area contributed by atoms with Gasteiger partial charge in [-0.05, 0) is 36.1 Å². The van der Waals surface area contributed by atoms with E-state index in [9.17, 15) is 0 Å². The molecule has 0 unspecified atom stereocenters. The monoisotopic (exact) mass is 432 g/mol. The highest BCUT2D eigenvalue weighted by molar-refractivity contribution is 5.82. The van der Waals surface area contributed by atoms with Crippen molar-refractivity contribution >= 4 is 17.0 Å². The molecule has 0 bridgehead atoms. The van der Waals surface area contributed by atoms with Gasteiger partial charge in [-0.1, -0.05) is 48.5 Å². The van der Waals surface area contributed by atoms with E-state index in [1.807, 2.05) is 41.1 Å². The molecule has 8 nitrogen and oxygen atoms in total. The number of rotatable bonds is 10. The second kappa shape index (κ2) is 10.1. The fourth-order valence-electron chi connectivity index (χ4n) is 3.58. The van der Waals surface area contributed by atoms with Crippen LogP contribution in [0.4, 0.5) is 5.82 Å². The van der Waals surface area contributed by atoms with Gasteiger partial charge in [0.25, 0.3) is 0 Å². The minimum absolute atomic E-state index is 0.616. The predicted octanol–water partition coefficient (Wildman–Crippen LogP) is 3.89. The maximum atomic E-state index is 5.41. The highest BCUT2D eigenvalue weighted by atomic mass is 16.5. The number of benzene rings is 2. The van der Waals surface area contributed by atoms with Gasteiger partial charge in [-0.2, -0.15) is 0 Å². The fourth-order valence-corrected chi connectivity index (χ4v) is 3.58. The average Bonchev–Trinajstić information content (AvgIpc) is 3.22. The van der Waals surface area contributed by atoms with Crippen LogP contribution in [0.2, 0.25) is 0 Å². The molecule has 0 aliphatic heterocycles. The lowest BCUT2D eigenvalue weighted by Crippen LogP contribution is -2.10. The Morgan fingerprint density at radius 3 is 2.47 bits per heavy atom. The van der Waals surface area contributed by atoms with Gasteiger partial charge >= 0.3 is 0 Å². The van der Waals surface area contributed by atoms with Crippen LogP contribution in [0.3, 0.4) is 0 Å². The van der Waals surface area contributed by atoms with Crippen molar-refractivity contribution < 1.29 is 9.47 Å². The van der Waals surface area contributed by atoms with Crippen molar-refractivity contribution in [1.29, 1.82) is 0 Å². The highest BCUT2D eigenvalue weighted by Gasteiger charge is 2.15. The molecule has 0 saturated carbocycles. The van der Waals surface area contributed by atoms with Crippen LogP contribution in [0.15, 0.2) is 48.5 Å². The fraction of sp³-hybridized carbons (Fsp3) is 0.333. The molecule has 0 fully saturated rings. The van der Waals surface area contributed by atoms with E-state index in [-0.39, 0.29) is 0 Å². The molecule has 0 aliphatic rings. The first-order valence-corrected chi connectivity index (χ1v) is 10.8. The Hall–Kier alpha value is -3.68. The Labute approximate surface area is 187 Å². The van der Waals surface area contributed by atoms with Gasteiger partial charge in [-0.3, -0.25) is 0 Å². The molecule has 0 amide bonds. The maximum Gasteiger partial charge on any atom is 0.184 e. The van der Waals surface area contributed by atoms with E-state index >= 15 is 0 Å². The summed E-state index contributed by atoms with van der Waals surface area (Å²) in [4.78, 5) is 9.47. The van der Waals surface area contributed by atoms with Crippen molar-refractivity contribution in [1.82, 2.24) is 25.0 Å². The van der Waals surface area contributed by atoms with Crippen LogP contribution in [0.25, 0.3) is 11.2 Å². The minimum Gasteiger partial charge on any atom is -0.493 e. The first-order valence-electron chi connectivity index (χ1n) is 10.8. The summed E-state index contributed by atoms with van der Waals surface area (Å²) in [5.74, 6) is 2.97. The molecule has 166 valence electrons. The van der Waals surface area contributed by atoms with Crippen molar-refractivity contribution in [2.45, 2.75) is 32.7 Å². The van der Waals surface area contributed by atoms with Gasteiger partial charge in [0.15, 0.2) is 28.5 Å². The van der Waals surface area contributed by atoms with Crippen LogP contribution in [0.5, 0.6) is 11.5 Å². The van der Waals surface area contributed by atoms with E-state index in [2.05, 4.69) is 34.7 Å². The third-order valence-corrected chi connectivity index (χ3v) is 5.21. The molecule has 0 atom stereocenters. The number of aromatic nitrogens is 5. The third kappa shape index (κ3) is 4.80. The van der Waals surface area contributed by atoms with E-state index in [1.165, 1.54) is 0 Å². The summed E-state index contributed by atoms with van der Waals surface area (Å²) in [7, 11) is 3.28. The zero-order valence-electron chi connectivity index (χ0n) is 18.7.